The molecule has 1 atom stereocenters. The molecule has 1 aliphatic heterocycles. The highest BCUT2D eigenvalue weighted by Crippen LogP contribution is 2.13. The van der Waals surface area contributed by atoms with Crippen molar-refractivity contribution < 1.29 is 4.74 Å². The van der Waals surface area contributed by atoms with Gasteiger partial charge in [0.2, 0.25) is 0 Å². The lowest BCUT2D eigenvalue weighted by Crippen LogP contribution is -2.15. The molecular formula is C12H21N3O. The lowest BCUT2D eigenvalue weighted by molar-refractivity contribution is 0.259. The van der Waals surface area contributed by atoms with Gasteiger partial charge < -0.3 is 10.1 Å². The first kappa shape index (κ1) is 11.5. The summed E-state index contributed by atoms with van der Waals surface area (Å²) in [7, 11) is 0. The lowest BCUT2D eigenvalue weighted by Gasteiger charge is -2.08. The van der Waals surface area contributed by atoms with Gasteiger partial charge in [-0.3, -0.25) is 4.68 Å². The fraction of sp³-hybridized carbons (Fsp3) is 0.750. The van der Waals surface area contributed by atoms with Gasteiger partial charge in [0, 0.05) is 19.0 Å². The van der Waals surface area contributed by atoms with Crippen molar-refractivity contribution in [3.63, 3.8) is 0 Å². The summed E-state index contributed by atoms with van der Waals surface area (Å²) in [6.07, 6.45) is 5.02. The molecule has 1 aliphatic rings. The first-order valence-electron chi connectivity index (χ1n) is 6.10. The van der Waals surface area contributed by atoms with Crippen LogP contribution in [0.2, 0.25) is 0 Å². The molecule has 1 fully saturated rings. The summed E-state index contributed by atoms with van der Waals surface area (Å²) in [6.45, 7) is 8.34. The molecule has 0 aromatic carbocycles. The van der Waals surface area contributed by atoms with E-state index in [4.69, 9.17) is 4.74 Å². The molecule has 4 nitrogen and oxygen atoms in total. The van der Waals surface area contributed by atoms with Crippen LogP contribution in [0, 0.1) is 11.8 Å². The highest BCUT2D eigenvalue weighted by molar-refractivity contribution is 5.11. The molecule has 4 heteroatoms. The molecule has 1 aromatic heterocycles. The molecule has 0 saturated carbocycles. The highest BCUT2D eigenvalue weighted by Gasteiger charge is 2.15. The van der Waals surface area contributed by atoms with Gasteiger partial charge in [-0.2, -0.15) is 5.10 Å². The molecule has 0 amide bonds. The Morgan fingerprint density at radius 1 is 1.62 bits per heavy atom. The molecule has 90 valence electrons. The molecule has 1 N–H and O–H groups in total. The zero-order valence-corrected chi connectivity index (χ0v) is 10.1. The van der Waals surface area contributed by atoms with Crippen molar-refractivity contribution in [3.05, 3.63) is 12.4 Å². The third-order valence-corrected chi connectivity index (χ3v) is 2.81. The van der Waals surface area contributed by atoms with E-state index in [9.17, 15) is 0 Å². The third-order valence-electron chi connectivity index (χ3n) is 2.81. The Morgan fingerprint density at radius 2 is 2.50 bits per heavy atom. The SMILES string of the molecule is CC(C)Cn1cc(OCC2CCNC2)cn1. The monoisotopic (exact) mass is 223 g/mol. The van der Waals surface area contributed by atoms with Gasteiger partial charge in [-0.1, -0.05) is 13.8 Å². The lowest BCUT2D eigenvalue weighted by atomic mass is 10.1. The van der Waals surface area contributed by atoms with Crippen molar-refractivity contribution >= 4 is 0 Å². The first-order valence-corrected chi connectivity index (χ1v) is 6.10. The van der Waals surface area contributed by atoms with E-state index in [1.54, 1.807) is 0 Å². The van der Waals surface area contributed by atoms with E-state index in [1.165, 1.54) is 6.42 Å². The minimum absolute atomic E-state index is 0.617. The van der Waals surface area contributed by atoms with E-state index in [0.717, 1.165) is 32.0 Å². The molecular weight excluding hydrogens is 202 g/mol. The summed E-state index contributed by atoms with van der Waals surface area (Å²) < 4.78 is 7.68. The van der Waals surface area contributed by atoms with Gasteiger partial charge in [-0.25, -0.2) is 0 Å². The van der Waals surface area contributed by atoms with Crippen LogP contribution < -0.4 is 10.1 Å². The van der Waals surface area contributed by atoms with Crippen LogP contribution in [0.4, 0.5) is 0 Å². The molecule has 16 heavy (non-hydrogen) atoms. The number of rotatable bonds is 5. The van der Waals surface area contributed by atoms with Crippen LogP contribution in [-0.4, -0.2) is 29.5 Å². The zero-order chi connectivity index (χ0) is 11.4. The second-order valence-corrected chi connectivity index (χ2v) is 4.96. The predicted molar refractivity (Wildman–Crippen MR) is 63.5 cm³/mol. The molecule has 2 heterocycles. The average molecular weight is 223 g/mol. The Hall–Kier alpha value is -1.03. The average Bonchev–Trinajstić information content (AvgIpc) is 2.84. The van der Waals surface area contributed by atoms with Crippen molar-refractivity contribution in [3.8, 4) is 5.75 Å². The Labute approximate surface area is 97.0 Å². The normalized spacial score (nSPS) is 20.6. The molecule has 1 unspecified atom stereocenters. The molecule has 0 bridgehead atoms. The van der Waals surface area contributed by atoms with Crippen molar-refractivity contribution in [1.82, 2.24) is 15.1 Å². The van der Waals surface area contributed by atoms with Crippen LogP contribution in [0.3, 0.4) is 0 Å². The van der Waals surface area contributed by atoms with Crippen molar-refractivity contribution in [2.45, 2.75) is 26.8 Å². The number of nitrogens with zero attached hydrogens (tertiary/aromatic N) is 2. The maximum Gasteiger partial charge on any atom is 0.157 e. The van der Waals surface area contributed by atoms with Crippen molar-refractivity contribution in [1.29, 1.82) is 0 Å². The number of aromatic nitrogens is 2. The van der Waals surface area contributed by atoms with E-state index in [1.807, 2.05) is 17.1 Å². The molecule has 2 rings (SSSR count). The molecule has 0 spiro atoms. The quantitative estimate of drug-likeness (QED) is 0.822. The van der Waals surface area contributed by atoms with Gasteiger partial charge in [0.25, 0.3) is 0 Å². The number of ether oxygens (including phenoxy) is 1. The minimum atomic E-state index is 0.617. The van der Waals surface area contributed by atoms with Crippen LogP contribution in [-0.2, 0) is 6.54 Å². The van der Waals surface area contributed by atoms with Gasteiger partial charge in [0.15, 0.2) is 5.75 Å². The fourth-order valence-corrected chi connectivity index (χ4v) is 1.96. The maximum absolute atomic E-state index is 5.73. The van der Waals surface area contributed by atoms with E-state index in [-0.39, 0.29) is 0 Å². The molecule has 1 saturated heterocycles. The van der Waals surface area contributed by atoms with Crippen LogP contribution in [0.5, 0.6) is 5.75 Å². The largest absolute Gasteiger partial charge is 0.490 e. The van der Waals surface area contributed by atoms with Gasteiger partial charge in [0.1, 0.15) is 0 Å². The summed E-state index contributed by atoms with van der Waals surface area (Å²) in [6, 6.07) is 0. The Morgan fingerprint density at radius 3 is 3.19 bits per heavy atom. The summed E-state index contributed by atoms with van der Waals surface area (Å²) >= 11 is 0. The highest BCUT2D eigenvalue weighted by atomic mass is 16.5. The summed E-state index contributed by atoms with van der Waals surface area (Å²) in [4.78, 5) is 0. The van der Waals surface area contributed by atoms with E-state index < -0.39 is 0 Å². The predicted octanol–water partition coefficient (Wildman–Crippen LogP) is 1.53. The van der Waals surface area contributed by atoms with Crippen LogP contribution in [0.15, 0.2) is 12.4 Å². The standard InChI is InChI=1S/C12H21N3O/c1-10(2)7-15-8-12(6-14-15)16-9-11-3-4-13-5-11/h6,8,10-11,13H,3-5,7,9H2,1-2H3. The molecule has 0 radical (unpaired) electrons. The molecule has 0 aliphatic carbocycles. The zero-order valence-electron chi connectivity index (χ0n) is 10.1. The van der Waals surface area contributed by atoms with Gasteiger partial charge in [-0.15, -0.1) is 0 Å². The Bertz CT molecular complexity index is 316. The Balaban J connectivity index is 1.78. The van der Waals surface area contributed by atoms with Gasteiger partial charge in [0.05, 0.1) is 19.0 Å². The van der Waals surface area contributed by atoms with Crippen LogP contribution in [0.25, 0.3) is 0 Å². The summed E-state index contributed by atoms with van der Waals surface area (Å²) in [5.74, 6) is 2.17. The third kappa shape index (κ3) is 3.23. The van der Waals surface area contributed by atoms with Crippen molar-refractivity contribution in [2.75, 3.05) is 19.7 Å². The van der Waals surface area contributed by atoms with Crippen LogP contribution in [0.1, 0.15) is 20.3 Å². The Kier molecular flexibility index (Phi) is 3.83. The fourth-order valence-electron chi connectivity index (χ4n) is 1.96. The second-order valence-electron chi connectivity index (χ2n) is 4.96. The molecule has 1 aromatic rings. The van der Waals surface area contributed by atoms with Gasteiger partial charge >= 0.3 is 0 Å². The van der Waals surface area contributed by atoms with Gasteiger partial charge in [-0.05, 0) is 18.9 Å². The first-order chi connectivity index (χ1) is 7.74. The van der Waals surface area contributed by atoms with Crippen molar-refractivity contribution in [2.24, 2.45) is 11.8 Å². The number of hydrogen-bond acceptors (Lipinski definition) is 3. The van der Waals surface area contributed by atoms with E-state index in [2.05, 4.69) is 24.3 Å². The number of hydrogen-bond donors (Lipinski definition) is 1. The smallest absolute Gasteiger partial charge is 0.157 e. The van der Waals surface area contributed by atoms with E-state index >= 15 is 0 Å². The maximum atomic E-state index is 5.73. The summed E-state index contributed by atoms with van der Waals surface area (Å²) in [5, 5.41) is 7.62. The minimum Gasteiger partial charge on any atom is -0.490 e. The summed E-state index contributed by atoms with van der Waals surface area (Å²) in [5.41, 5.74) is 0. The van der Waals surface area contributed by atoms with Crippen LogP contribution >= 0.6 is 0 Å². The second kappa shape index (κ2) is 5.34. The number of nitrogens with one attached hydrogen (secondary N) is 1. The van der Waals surface area contributed by atoms with E-state index in [0.29, 0.717) is 11.8 Å². The topological polar surface area (TPSA) is 39.1 Å².